The van der Waals surface area contributed by atoms with Gasteiger partial charge in [-0.15, -0.1) is 0 Å². The summed E-state index contributed by atoms with van der Waals surface area (Å²) in [6.07, 6.45) is 0. The van der Waals surface area contributed by atoms with Gasteiger partial charge >= 0.3 is 0 Å². The van der Waals surface area contributed by atoms with Crippen LogP contribution >= 0.6 is 35.0 Å². The summed E-state index contributed by atoms with van der Waals surface area (Å²) in [6, 6.07) is 13.7. The van der Waals surface area contributed by atoms with Crippen molar-refractivity contribution < 1.29 is 9.59 Å². The molecule has 0 saturated carbocycles. The summed E-state index contributed by atoms with van der Waals surface area (Å²) in [4.78, 5) is 25.7. The highest BCUT2D eigenvalue weighted by Gasteiger charge is 2.40. The Morgan fingerprint density at radius 3 is 2.45 bits per heavy atom. The molecular weight excluding hydrogens is 343 g/mol. The predicted octanol–water partition coefficient (Wildman–Crippen LogP) is 4.63. The van der Waals surface area contributed by atoms with E-state index in [1.54, 1.807) is 42.5 Å². The Hall–Kier alpha value is -1.69. The van der Waals surface area contributed by atoms with Gasteiger partial charge in [-0.25, -0.2) is 4.90 Å². The highest BCUT2D eigenvalue weighted by atomic mass is 35.5. The second kappa shape index (κ2) is 6.20. The second-order valence-corrected chi connectivity index (χ2v) is 6.44. The van der Waals surface area contributed by atoms with Crippen molar-refractivity contribution in [1.29, 1.82) is 0 Å². The number of nitrogens with zero attached hydrogens (tertiary/aromatic N) is 1. The molecule has 7 heteroatoms. The molecule has 1 aliphatic heterocycles. The number of thioether (sulfide) groups is 1. The zero-order chi connectivity index (χ0) is 15.7. The molecule has 1 fully saturated rings. The van der Waals surface area contributed by atoms with E-state index in [1.165, 1.54) is 0 Å². The lowest BCUT2D eigenvalue weighted by molar-refractivity contribution is -0.116. The molecule has 2 amide bonds. The number of nitrogens with one attached hydrogen (secondary N) is 1. The summed E-state index contributed by atoms with van der Waals surface area (Å²) in [5.41, 5.74) is 1.11. The van der Waals surface area contributed by atoms with Crippen LogP contribution in [-0.4, -0.2) is 16.5 Å². The van der Waals surface area contributed by atoms with Gasteiger partial charge in [-0.3, -0.25) is 9.59 Å². The van der Waals surface area contributed by atoms with Crippen molar-refractivity contribution in [2.75, 3.05) is 10.2 Å². The molecule has 112 valence electrons. The zero-order valence-corrected chi connectivity index (χ0v) is 13.5. The van der Waals surface area contributed by atoms with Gasteiger partial charge < -0.3 is 5.32 Å². The first-order valence-corrected chi connectivity index (χ1v) is 8.01. The van der Waals surface area contributed by atoms with Crippen molar-refractivity contribution in [3.05, 3.63) is 58.6 Å². The Bertz CT molecular complexity index is 740. The fourth-order valence-corrected chi connectivity index (χ4v) is 3.42. The Morgan fingerprint density at radius 2 is 1.77 bits per heavy atom. The first kappa shape index (κ1) is 15.2. The van der Waals surface area contributed by atoms with Crippen LogP contribution < -0.4 is 10.2 Å². The summed E-state index contributed by atoms with van der Waals surface area (Å²) in [6.45, 7) is 0. The smallest absolute Gasteiger partial charge is 0.295 e. The first-order valence-electron chi connectivity index (χ1n) is 6.37. The first-order chi connectivity index (χ1) is 10.6. The lowest BCUT2D eigenvalue weighted by atomic mass is 10.3. The maximum absolute atomic E-state index is 12.5. The van der Waals surface area contributed by atoms with Crippen LogP contribution in [0, 0.1) is 0 Å². The third-order valence-electron chi connectivity index (χ3n) is 3.08. The largest absolute Gasteiger partial charge is 0.364 e. The second-order valence-electron chi connectivity index (χ2n) is 4.54. The molecule has 1 heterocycles. The number of benzene rings is 2. The van der Waals surface area contributed by atoms with E-state index in [0.717, 1.165) is 16.7 Å². The fourth-order valence-electron chi connectivity index (χ4n) is 2.06. The number of amides is 2. The van der Waals surface area contributed by atoms with Crippen molar-refractivity contribution >= 4 is 57.5 Å². The van der Waals surface area contributed by atoms with E-state index in [-0.39, 0.29) is 11.1 Å². The SMILES string of the molecule is O=C1S[C@@H](Nc2ccc(Cl)cc2Cl)C(=O)N1c1ccccc1. The van der Waals surface area contributed by atoms with Gasteiger partial charge in [0, 0.05) is 5.02 Å². The van der Waals surface area contributed by atoms with Crippen LogP contribution in [0.3, 0.4) is 0 Å². The summed E-state index contributed by atoms with van der Waals surface area (Å²) >= 11 is 12.8. The van der Waals surface area contributed by atoms with Crippen molar-refractivity contribution in [3.8, 4) is 0 Å². The molecule has 1 saturated heterocycles. The van der Waals surface area contributed by atoms with Gasteiger partial charge in [-0.1, -0.05) is 41.4 Å². The molecule has 3 rings (SSSR count). The van der Waals surface area contributed by atoms with E-state index in [2.05, 4.69) is 5.32 Å². The quantitative estimate of drug-likeness (QED) is 0.874. The zero-order valence-electron chi connectivity index (χ0n) is 11.1. The number of halogens is 2. The van der Waals surface area contributed by atoms with Gasteiger partial charge in [0.15, 0.2) is 5.37 Å². The minimum Gasteiger partial charge on any atom is -0.364 e. The summed E-state index contributed by atoms with van der Waals surface area (Å²) in [5.74, 6) is -0.327. The average molecular weight is 353 g/mol. The summed E-state index contributed by atoms with van der Waals surface area (Å²) < 4.78 is 0. The molecule has 1 aliphatic rings. The minimum atomic E-state index is -0.716. The third-order valence-corrected chi connectivity index (χ3v) is 4.57. The Kier molecular flexibility index (Phi) is 4.29. The van der Waals surface area contributed by atoms with Crippen LogP contribution in [0.2, 0.25) is 10.0 Å². The highest BCUT2D eigenvalue weighted by Crippen LogP contribution is 2.34. The van der Waals surface area contributed by atoms with Gasteiger partial charge in [-0.2, -0.15) is 0 Å². The molecule has 22 heavy (non-hydrogen) atoms. The molecule has 0 radical (unpaired) electrons. The van der Waals surface area contributed by atoms with E-state index in [4.69, 9.17) is 23.2 Å². The van der Waals surface area contributed by atoms with Crippen molar-refractivity contribution in [1.82, 2.24) is 0 Å². The normalized spacial score (nSPS) is 17.9. The molecule has 0 aromatic heterocycles. The Morgan fingerprint density at radius 1 is 1.05 bits per heavy atom. The van der Waals surface area contributed by atoms with Gasteiger partial charge in [-0.05, 0) is 42.1 Å². The topological polar surface area (TPSA) is 49.4 Å². The summed E-state index contributed by atoms with van der Waals surface area (Å²) in [5, 5.41) is 2.84. The lowest BCUT2D eigenvalue weighted by Crippen LogP contribution is -2.34. The Balaban J connectivity index is 1.82. The number of hydrogen-bond acceptors (Lipinski definition) is 4. The number of carbonyl (C=O) groups is 2. The van der Waals surface area contributed by atoms with Crippen LogP contribution in [0.5, 0.6) is 0 Å². The van der Waals surface area contributed by atoms with Gasteiger partial charge in [0.2, 0.25) is 0 Å². The fraction of sp³-hybridized carbons (Fsp3) is 0.0667. The van der Waals surface area contributed by atoms with Crippen molar-refractivity contribution in [2.24, 2.45) is 0 Å². The molecule has 0 spiro atoms. The highest BCUT2D eigenvalue weighted by molar-refractivity contribution is 8.16. The molecule has 0 bridgehead atoms. The van der Waals surface area contributed by atoms with Crippen LogP contribution in [0.15, 0.2) is 48.5 Å². The van der Waals surface area contributed by atoms with Gasteiger partial charge in [0.1, 0.15) is 0 Å². The number of para-hydroxylation sites is 1. The van der Waals surface area contributed by atoms with E-state index in [1.807, 2.05) is 6.07 Å². The van der Waals surface area contributed by atoms with E-state index >= 15 is 0 Å². The molecule has 0 aliphatic carbocycles. The van der Waals surface area contributed by atoms with Crippen LogP contribution in [0.1, 0.15) is 0 Å². The van der Waals surface area contributed by atoms with Gasteiger partial charge in [0.05, 0.1) is 16.4 Å². The average Bonchev–Trinajstić information content (AvgIpc) is 2.77. The minimum absolute atomic E-state index is 0.321. The van der Waals surface area contributed by atoms with Gasteiger partial charge in [0.25, 0.3) is 11.1 Å². The van der Waals surface area contributed by atoms with Crippen LogP contribution in [0.25, 0.3) is 0 Å². The molecule has 0 unspecified atom stereocenters. The van der Waals surface area contributed by atoms with Crippen molar-refractivity contribution in [2.45, 2.75) is 5.37 Å². The lowest BCUT2D eigenvalue weighted by Gasteiger charge is -2.15. The van der Waals surface area contributed by atoms with E-state index in [9.17, 15) is 9.59 Å². The van der Waals surface area contributed by atoms with E-state index < -0.39 is 5.37 Å². The summed E-state index contributed by atoms with van der Waals surface area (Å²) in [7, 11) is 0. The van der Waals surface area contributed by atoms with Crippen molar-refractivity contribution in [3.63, 3.8) is 0 Å². The van der Waals surface area contributed by atoms with E-state index in [0.29, 0.717) is 21.4 Å². The molecular formula is C15H10Cl2N2O2S. The van der Waals surface area contributed by atoms with Crippen LogP contribution in [-0.2, 0) is 4.79 Å². The molecule has 1 atom stereocenters. The third kappa shape index (κ3) is 2.92. The maximum Gasteiger partial charge on any atom is 0.295 e. The number of rotatable bonds is 3. The number of anilines is 2. The molecule has 4 nitrogen and oxygen atoms in total. The Labute approximate surface area is 141 Å². The molecule has 2 aromatic rings. The molecule has 1 N–H and O–H groups in total. The van der Waals surface area contributed by atoms with Crippen LogP contribution in [0.4, 0.5) is 16.2 Å². The predicted molar refractivity (Wildman–Crippen MR) is 90.8 cm³/mol. The standard InChI is InChI=1S/C15H10Cl2N2O2S/c16-9-6-7-12(11(17)8-9)18-13-14(20)19(15(21)22-13)10-4-2-1-3-5-10/h1-8,13,18H/t13-/m1/s1. The molecule has 2 aromatic carbocycles. The maximum atomic E-state index is 12.5. The number of imide groups is 1. The number of hydrogen-bond donors (Lipinski definition) is 1. The number of carbonyl (C=O) groups excluding carboxylic acids is 2. The monoisotopic (exact) mass is 352 g/mol.